The Labute approximate surface area is 352 Å². The number of alkyl halides is 3. The molecule has 0 spiro atoms. The van der Waals surface area contributed by atoms with Gasteiger partial charge in [0.2, 0.25) is 5.69 Å². The van der Waals surface area contributed by atoms with E-state index in [2.05, 4.69) is 116 Å². The minimum atomic E-state index is -4.64. The SMILES string of the molecule is [C-]#[N+]c1c(-n2c3ccccc3c3cc(-c4cc(C)cc(C)c4)ccc32)ccc(-c2c(C)cccc2C(F)(F)F)c1-n1c2ccccc2c2cc(-c3cc(C)cc(C)c3)ccc21. The fourth-order valence-electron chi connectivity index (χ4n) is 9.64. The van der Waals surface area contributed by atoms with Crippen LogP contribution in [0.4, 0.5) is 18.9 Å². The summed E-state index contributed by atoms with van der Waals surface area (Å²) in [5, 5.41) is 3.91. The lowest BCUT2D eigenvalue weighted by atomic mass is 9.92. The van der Waals surface area contributed by atoms with Crippen molar-refractivity contribution in [3.63, 3.8) is 0 Å². The Morgan fingerprint density at radius 2 is 0.951 bits per heavy atom. The largest absolute Gasteiger partial charge is 0.417 e. The molecule has 0 atom stereocenters. The van der Waals surface area contributed by atoms with E-state index < -0.39 is 11.7 Å². The molecule has 0 saturated heterocycles. The lowest BCUT2D eigenvalue weighted by Gasteiger charge is -2.23. The van der Waals surface area contributed by atoms with Crippen LogP contribution in [-0.4, -0.2) is 9.13 Å². The maximum Gasteiger partial charge on any atom is 0.417 e. The van der Waals surface area contributed by atoms with Gasteiger partial charge < -0.3 is 9.13 Å². The topological polar surface area (TPSA) is 14.2 Å². The van der Waals surface area contributed by atoms with Crippen molar-refractivity contribution in [3.05, 3.63) is 196 Å². The number of hydrogen-bond acceptors (Lipinski definition) is 0. The molecule has 10 aromatic rings. The Morgan fingerprint density at radius 1 is 0.459 bits per heavy atom. The summed E-state index contributed by atoms with van der Waals surface area (Å²) >= 11 is 0. The van der Waals surface area contributed by atoms with Gasteiger partial charge in [-0.25, -0.2) is 4.85 Å². The molecule has 10 rings (SSSR count). The highest BCUT2D eigenvalue weighted by molar-refractivity contribution is 6.14. The van der Waals surface area contributed by atoms with Gasteiger partial charge >= 0.3 is 6.18 Å². The molecule has 2 aromatic heterocycles. The average Bonchev–Trinajstić information content (AvgIpc) is 3.74. The van der Waals surface area contributed by atoms with E-state index in [4.69, 9.17) is 6.57 Å². The van der Waals surface area contributed by atoms with Crippen LogP contribution < -0.4 is 0 Å². The van der Waals surface area contributed by atoms with Crippen LogP contribution in [0.25, 0.3) is 93.2 Å². The van der Waals surface area contributed by atoms with E-state index in [9.17, 15) is 0 Å². The lowest BCUT2D eigenvalue weighted by molar-refractivity contribution is -0.137. The first-order chi connectivity index (χ1) is 29.4. The molecule has 2 heterocycles. The second-order valence-corrected chi connectivity index (χ2v) is 16.4. The molecule has 0 saturated carbocycles. The highest BCUT2D eigenvalue weighted by Crippen LogP contribution is 2.49. The van der Waals surface area contributed by atoms with Crippen LogP contribution in [0.2, 0.25) is 0 Å². The summed E-state index contributed by atoms with van der Waals surface area (Å²) in [4.78, 5) is 4.31. The summed E-state index contributed by atoms with van der Waals surface area (Å²) in [5.74, 6) is 0. The summed E-state index contributed by atoms with van der Waals surface area (Å²) in [5.41, 5.74) is 13.7. The van der Waals surface area contributed by atoms with E-state index >= 15 is 13.2 Å². The van der Waals surface area contributed by atoms with Crippen molar-refractivity contribution >= 4 is 49.3 Å². The maximum atomic E-state index is 15.1. The predicted molar refractivity (Wildman–Crippen MR) is 246 cm³/mol. The monoisotopic (exact) mass is 799 g/mol. The molecular weight excluding hydrogens is 760 g/mol. The fourth-order valence-corrected chi connectivity index (χ4v) is 9.64. The molecule has 3 nitrogen and oxygen atoms in total. The van der Waals surface area contributed by atoms with E-state index in [0.29, 0.717) is 22.5 Å². The van der Waals surface area contributed by atoms with Gasteiger partial charge in [0.05, 0.1) is 45.6 Å². The van der Waals surface area contributed by atoms with Gasteiger partial charge in [0.1, 0.15) is 0 Å². The van der Waals surface area contributed by atoms with Crippen LogP contribution in [0, 0.1) is 41.2 Å². The Bertz CT molecular complexity index is 3440. The van der Waals surface area contributed by atoms with E-state index in [-0.39, 0.29) is 11.3 Å². The molecule has 0 fully saturated rings. The Balaban J connectivity index is 1.32. The molecule has 0 unspecified atom stereocenters. The second-order valence-electron chi connectivity index (χ2n) is 16.4. The third-order valence-electron chi connectivity index (χ3n) is 12.0. The second kappa shape index (κ2) is 14.1. The third kappa shape index (κ3) is 6.19. The van der Waals surface area contributed by atoms with E-state index in [1.54, 1.807) is 19.1 Å². The molecule has 0 amide bonds. The van der Waals surface area contributed by atoms with Crippen LogP contribution in [0.3, 0.4) is 0 Å². The summed E-state index contributed by atoms with van der Waals surface area (Å²) in [6, 6.07) is 49.7. The average molecular weight is 800 g/mol. The summed E-state index contributed by atoms with van der Waals surface area (Å²) in [6.07, 6.45) is -4.64. The van der Waals surface area contributed by atoms with E-state index in [1.807, 2.05) is 53.1 Å². The summed E-state index contributed by atoms with van der Waals surface area (Å²) < 4.78 is 49.5. The first kappa shape index (κ1) is 37.9. The van der Waals surface area contributed by atoms with Gasteiger partial charge in [-0.05, 0) is 122 Å². The number of nitrogens with zero attached hydrogens (tertiary/aromatic N) is 3. The maximum absolute atomic E-state index is 15.1. The minimum absolute atomic E-state index is 0.0551. The summed E-state index contributed by atoms with van der Waals surface area (Å²) in [6.45, 7) is 19.1. The van der Waals surface area contributed by atoms with Gasteiger partial charge in [0.15, 0.2) is 0 Å². The summed E-state index contributed by atoms with van der Waals surface area (Å²) in [7, 11) is 0. The quantitative estimate of drug-likeness (QED) is 0.154. The van der Waals surface area contributed by atoms with Crippen molar-refractivity contribution in [1.82, 2.24) is 9.13 Å². The first-order valence-corrected chi connectivity index (χ1v) is 20.4. The van der Waals surface area contributed by atoms with Crippen molar-refractivity contribution in [2.75, 3.05) is 0 Å². The van der Waals surface area contributed by atoms with Gasteiger partial charge in [-0.1, -0.05) is 125 Å². The fraction of sp³-hybridized carbons (Fsp3) is 0.109. The molecule has 0 bridgehead atoms. The minimum Gasteiger partial charge on any atom is -0.319 e. The van der Waals surface area contributed by atoms with Crippen LogP contribution in [0.1, 0.15) is 33.4 Å². The molecule has 0 aliphatic carbocycles. The molecule has 296 valence electrons. The van der Waals surface area contributed by atoms with Gasteiger partial charge in [-0.15, -0.1) is 0 Å². The highest BCUT2D eigenvalue weighted by Gasteiger charge is 2.36. The molecule has 6 heteroatoms. The van der Waals surface area contributed by atoms with Crippen LogP contribution in [-0.2, 0) is 6.18 Å². The molecule has 8 aromatic carbocycles. The van der Waals surface area contributed by atoms with Crippen LogP contribution in [0.15, 0.2) is 152 Å². The molecule has 0 aliphatic rings. The number of rotatable bonds is 5. The zero-order valence-corrected chi connectivity index (χ0v) is 34.4. The number of benzene rings is 8. The number of aromatic nitrogens is 2. The molecule has 61 heavy (non-hydrogen) atoms. The lowest BCUT2D eigenvalue weighted by Crippen LogP contribution is -2.10. The smallest absolute Gasteiger partial charge is 0.319 e. The van der Waals surface area contributed by atoms with Gasteiger partial charge in [0, 0.05) is 21.5 Å². The molecule has 0 radical (unpaired) electrons. The number of fused-ring (bicyclic) bond motifs is 6. The molecule has 0 N–H and O–H groups in total. The number of para-hydroxylation sites is 2. The normalized spacial score (nSPS) is 11.9. The highest BCUT2D eigenvalue weighted by atomic mass is 19.4. The molecule has 0 aliphatic heterocycles. The molecular formula is C55H40F3N3. The van der Waals surface area contributed by atoms with Crippen molar-refractivity contribution < 1.29 is 13.2 Å². The number of halogens is 3. The predicted octanol–water partition coefficient (Wildman–Crippen LogP) is 16.0. The van der Waals surface area contributed by atoms with Crippen LogP contribution >= 0.6 is 0 Å². The van der Waals surface area contributed by atoms with Crippen molar-refractivity contribution in [2.24, 2.45) is 0 Å². The van der Waals surface area contributed by atoms with E-state index in [1.165, 1.54) is 17.2 Å². The Hall–Kier alpha value is -7.36. The third-order valence-corrected chi connectivity index (χ3v) is 12.0. The first-order valence-electron chi connectivity index (χ1n) is 20.4. The van der Waals surface area contributed by atoms with Gasteiger partial charge in [-0.3, -0.25) is 0 Å². The van der Waals surface area contributed by atoms with Crippen molar-refractivity contribution in [2.45, 2.75) is 40.8 Å². The van der Waals surface area contributed by atoms with Gasteiger partial charge in [-0.2, -0.15) is 13.2 Å². The van der Waals surface area contributed by atoms with Crippen LogP contribution in [0.5, 0.6) is 0 Å². The number of hydrogen-bond donors (Lipinski definition) is 0. The van der Waals surface area contributed by atoms with Gasteiger partial charge in [0.25, 0.3) is 0 Å². The Kier molecular flexibility index (Phi) is 8.78. The number of aryl methyl sites for hydroxylation is 5. The van der Waals surface area contributed by atoms with Crippen molar-refractivity contribution in [1.29, 1.82) is 0 Å². The zero-order valence-electron chi connectivity index (χ0n) is 34.4. The van der Waals surface area contributed by atoms with E-state index in [0.717, 1.165) is 83.1 Å². The zero-order chi connectivity index (χ0) is 42.3. The standard InChI is InChI=1S/C55H40F3N3/c1-32-24-33(2)27-39(26-32)37-18-21-49-44(30-37)41-13-7-9-16-47(41)60(49)51-23-20-43(52-36(5)12-11-15-46(52)55(56,57)58)54(53(51)59-6)61-48-17-10-8-14-42(48)45-31-38(19-22-50(45)61)40-28-34(3)25-35(4)29-40/h7-31H,1-5H3. The Morgan fingerprint density at radius 3 is 1.48 bits per heavy atom. The van der Waals surface area contributed by atoms with Crippen molar-refractivity contribution in [3.8, 4) is 44.8 Å².